The average Bonchev–Trinajstić information content (AvgIpc) is 2.66. The molecule has 0 atom stereocenters. The highest BCUT2D eigenvalue weighted by atomic mass is 32.2. The fourth-order valence-electron chi connectivity index (χ4n) is 3.30. The summed E-state index contributed by atoms with van der Waals surface area (Å²) in [6, 6.07) is 14.0. The molecular weight excluding hydrogens is 392 g/mol. The second kappa shape index (κ2) is 10.4. The molecular formula is C26H36O3S. The summed E-state index contributed by atoms with van der Waals surface area (Å²) in [5.74, 6) is 1.53. The fraction of sp³-hybridized carbons (Fsp3) is 0.500. The van der Waals surface area contributed by atoms with E-state index in [1.807, 2.05) is 30.3 Å². The van der Waals surface area contributed by atoms with Gasteiger partial charge in [0.15, 0.2) is 0 Å². The molecule has 0 radical (unpaired) electrons. The molecule has 0 spiro atoms. The monoisotopic (exact) mass is 428 g/mol. The molecule has 0 aliphatic heterocycles. The highest BCUT2D eigenvalue weighted by Gasteiger charge is 2.26. The molecule has 0 aliphatic rings. The Hall–Kier alpha value is -1.94. The maximum atomic E-state index is 11.9. The molecule has 1 N–H and O–H groups in total. The van der Waals surface area contributed by atoms with Crippen LogP contribution in [0.2, 0.25) is 0 Å². The molecule has 0 unspecified atom stereocenters. The van der Waals surface area contributed by atoms with Crippen molar-refractivity contribution in [3.63, 3.8) is 0 Å². The van der Waals surface area contributed by atoms with Crippen molar-refractivity contribution in [1.29, 1.82) is 0 Å². The van der Waals surface area contributed by atoms with E-state index in [2.05, 4.69) is 53.7 Å². The molecule has 0 amide bonds. The topological polar surface area (TPSA) is 46.5 Å². The van der Waals surface area contributed by atoms with Gasteiger partial charge >= 0.3 is 5.97 Å². The highest BCUT2D eigenvalue weighted by Crippen LogP contribution is 2.40. The van der Waals surface area contributed by atoms with Gasteiger partial charge in [-0.05, 0) is 51.7 Å². The Morgan fingerprint density at radius 1 is 0.933 bits per heavy atom. The Kier molecular flexibility index (Phi) is 8.42. The van der Waals surface area contributed by atoms with Crippen LogP contribution < -0.4 is 0 Å². The van der Waals surface area contributed by atoms with E-state index in [1.165, 1.54) is 5.56 Å². The summed E-state index contributed by atoms with van der Waals surface area (Å²) in [4.78, 5) is 11.9. The maximum absolute atomic E-state index is 11.9. The van der Waals surface area contributed by atoms with Gasteiger partial charge < -0.3 is 9.84 Å². The van der Waals surface area contributed by atoms with E-state index in [1.54, 1.807) is 11.8 Å². The molecule has 0 saturated heterocycles. The van der Waals surface area contributed by atoms with Gasteiger partial charge in [-0.25, -0.2) is 0 Å². The van der Waals surface area contributed by atoms with Crippen molar-refractivity contribution in [2.45, 2.75) is 71.8 Å². The first-order valence-corrected chi connectivity index (χ1v) is 11.8. The first-order valence-electron chi connectivity index (χ1n) is 10.6. The summed E-state index contributed by atoms with van der Waals surface area (Å²) in [6.07, 6.45) is 1.91. The molecule has 0 bridgehead atoms. The summed E-state index contributed by atoms with van der Waals surface area (Å²) < 4.78 is 5.32. The molecule has 2 aromatic carbocycles. The summed E-state index contributed by atoms with van der Waals surface area (Å²) >= 11 is 1.61. The van der Waals surface area contributed by atoms with Crippen molar-refractivity contribution in [3.8, 4) is 5.75 Å². The van der Waals surface area contributed by atoms with Crippen LogP contribution in [0.25, 0.3) is 0 Å². The van der Waals surface area contributed by atoms with Gasteiger partial charge in [-0.15, -0.1) is 0 Å². The van der Waals surface area contributed by atoms with Crippen molar-refractivity contribution >= 4 is 17.7 Å². The van der Waals surface area contributed by atoms with Crippen molar-refractivity contribution in [2.24, 2.45) is 0 Å². The van der Waals surface area contributed by atoms with E-state index < -0.39 is 0 Å². The van der Waals surface area contributed by atoms with E-state index in [4.69, 9.17) is 4.74 Å². The van der Waals surface area contributed by atoms with E-state index in [0.29, 0.717) is 18.1 Å². The molecule has 2 aromatic rings. The lowest BCUT2D eigenvalue weighted by Crippen LogP contribution is -2.18. The number of carbonyl (C=O) groups is 1. The Labute approximate surface area is 186 Å². The number of esters is 1. The predicted molar refractivity (Wildman–Crippen MR) is 127 cm³/mol. The first-order chi connectivity index (χ1) is 14.0. The zero-order valence-electron chi connectivity index (χ0n) is 19.2. The molecule has 4 heteroatoms. The van der Waals surface area contributed by atoms with Crippen LogP contribution in [0.4, 0.5) is 0 Å². The summed E-state index contributed by atoms with van der Waals surface area (Å²) in [5, 5.41) is 10.8. The molecule has 0 aromatic heterocycles. The predicted octanol–water partition coefficient (Wildman–Crippen LogP) is 6.40. The van der Waals surface area contributed by atoms with E-state index >= 15 is 0 Å². The number of aromatic hydroxyl groups is 1. The van der Waals surface area contributed by atoms with E-state index in [9.17, 15) is 9.90 Å². The lowest BCUT2D eigenvalue weighted by atomic mass is 9.78. The van der Waals surface area contributed by atoms with Crippen molar-refractivity contribution in [1.82, 2.24) is 0 Å². The number of carbonyl (C=O) groups excluding carboxylic acids is 1. The van der Waals surface area contributed by atoms with Crippen molar-refractivity contribution in [3.05, 3.63) is 64.7 Å². The van der Waals surface area contributed by atoms with E-state index in [0.717, 1.165) is 35.3 Å². The number of thioether (sulfide) groups is 1. The average molecular weight is 429 g/mol. The Morgan fingerprint density at radius 3 is 2.03 bits per heavy atom. The largest absolute Gasteiger partial charge is 0.507 e. The molecule has 164 valence electrons. The maximum Gasteiger partial charge on any atom is 0.316 e. The first kappa shape index (κ1) is 24.3. The van der Waals surface area contributed by atoms with Crippen LogP contribution in [0.1, 0.15) is 70.2 Å². The summed E-state index contributed by atoms with van der Waals surface area (Å²) in [5.41, 5.74) is 4.03. The highest BCUT2D eigenvalue weighted by molar-refractivity contribution is 7.99. The third kappa shape index (κ3) is 7.39. The number of benzene rings is 2. The van der Waals surface area contributed by atoms with Gasteiger partial charge in [-0.3, -0.25) is 4.79 Å². The SMILES string of the molecule is CC(C)(C)c1cc(CCCSCC(=O)OCc2ccccc2)cc(C(C)(C)C)c1O. The van der Waals surface area contributed by atoms with Gasteiger partial charge in [0.05, 0.1) is 5.75 Å². The molecule has 0 saturated carbocycles. The molecule has 3 nitrogen and oxygen atoms in total. The zero-order valence-corrected chi connectivity index (χ0v) is 20.1. The minimum absolute atomic E-state index is 0.114. The van der Waals surface area contributed by atoms with Crippen LogP contribution in [0.5, 0.6) is 5.75 Å². The van der Waals surface area contributed by atoms with Crippen molar-refractivity contribution in [2.75, 3.05) is 11.5 Å². The molecule has 2 rings (SSSR count). The van der Waals surface area contributed by atoms with Crippen LogP contribution in [-0.2, 0) is 33.4 Å². The van der Waals surface area contributed by atoms with Crippen LogP contribution in [0.15, 0.2) is 42.5 Å². The summed E-state index contributed by atoms with van der Waals surface area (Å²) in [7, 11) is 0. The number of phenolic OH excluding ortho intramolecular Hbond substituents is 1. The fourth-order valence-corrected chi connectivity index (χ4v) is 4.04. The lowest BCUT2D eigenvalue weighted by molar-refractivity contribution is -0.141. The standard InChI is InChI=1S/C26H36O3S/c1-25(2,3)21-15-20(16-22(24(21)28)26(4,5)6)13-10-14-30-18-23(27)29-17-19-11-8-7-9-12-19/h7-9,11-12,15-16,28H,10,13-14,17-18H2,1-6H3. The normalized spacial score (nSPS) is 12.1. The smallest absolute Gasteiger partial charge is 0.316 e. The van der Waals surface area contributed by atoms with Crippen LogP contribution in [-0.4, -0.2) is 22.6 Å². The van der Waals surface area contributed by atoms with Gasteiger partial charge in [-0.2, -0.15) is 11.8 Å². The van der Waals surface area contributed by atoms with Crippen LogP contribution in [0.3, 0.4) is 0 Å². The van der Waals surface area contributed by atoms with Gasteiger partial charge in [0.1, 0.15) is 12.4 Å². The number of aryl methyl sites for hydroxylation is 1. The second-order valence-electron chi connectivity index (χ2n) is 9.84. The number of ether oxygens (including phenoxy) is 1. The van der Waals surface area contributed by atoms with Crippen LogP contribution >= 0.6 is 11.8 Å². The Morgan fingerprint density at radius 2 is 1.50 bits per heavy atom. The number of rotatable bonds is 8. The summed E-state index contributed by atoms with van der Waals surface area (Å²) in [6.45, 7) is 13.1. The van der Waals surface area contributed by atoms with Gasteiger partial charge in [0.25, 0.3) is 0 Å². The third-order valence-electron chi connectivity index (χ3n) is 5.00. The zero-order chi connectivity index (χ0) is 22.4. The molecule has 0 heterocycles. The van der Waals surface area contributed by atoms with Crippen molar-refractivity contribution < 1.29 is 14.6 Å². The Bertz CT molecular complexity index is 795. The number of hydrogen-bond donors (Lipinski definition) is 1. The Balaban J connectivity index is 1.86. The molecule has 0 fully saturated rings. The second-order valence-corrected chi connectivity index (χ2v) is 10.9. The minimum atomic E-state index is -0.168. The van der Waals surface area contributed by atoms with Crippen LogP contribution in [0, 0.1) is 0 Å². The quantitative estimate of drug-likeness (QED) is 0.390. The van der Waals surface area contributed by atoms with Gasteiger partial charge in [0.2, 0.25) is 0 Å². The number of phenols is 1. The lowest BCUT2D eigenvalue weighted by Gasteiger charge is -2.28. The molecule has 0 aliphatic carbocycles. The number of hydrogen-bond acceptors (Lipinski definition) is 4. The molecule has 30 heavy (non-hydrogen) atoms. The van der Waals surface area contributed by atoms with E-state index in [-0.39, 0.29) is 16.8 Å². The minimum Gasteiger partial charge on any atom is -0.507 e. The third-order valence-corrected chi connectivity index (χ3v) is 6.02. The van der Waals surface area contributed by atoms with Gasteiger partial charge in [0, 0.05) is 0 Å². The van der Waals surface area contributed by atoms with Gasteiger partial charge in [-0.1, -0.05) is 84.0 Å².